The molecule has 2 heterocycles. The molecule has 0 N–H and O–H groups in total. The zero-order chi connectivity index (χ0) is 20.9. The lowest BCUT2D eigenvalue weighted by atomic mass is 10.1. The van der Waals surface area contributed by atoms with Gasteiger partial charge < -0.3 is 13.9 Å². The fourth-order valence-corrected chi connectivity index (χ4v) is 3.40. The van der Waals surface area contributed by atoms with E-state index in [1.165, 1.54) is 35.4 Å². The van der Waals surface area contributed by atoms with Crippen LogP contribution in [0.4, 0.5) is 4.39 Å². The number of carbonyl (C=O) groups is 1. The van der Waals surface area contributed by atoms with Crippen molar-refractivity contribution in [1.29, 1.82) is 0 Å². The van der Waals surface area contributed by atoms with Gasteiger partial charge in [-0.05, 0) is 61.0 Å². The van der Waals surface area contributed by atoms with E-state index in [-0.39, 0.29) is 11.7 Å². The number of rotatable bonds is 7. The molecule has 4 aromatic rings. The van der Waals surface area contributed by atoms with Gasteiger partial charge in [-0.3, -0.25) is 4.79 Å². The van der Waals surface area contributed by atoms with Crippen LogP contribution in [0.15, 0.2) is 89.7 Å². The highest BCUT2D eigenvalue weighted by Crippen LogP contribution is 2.17. The van der Waals surface area contributed by atoms with Crippen molar-refractivity contribution in [2.45, 2.75) is 26.6 Å². The van der Waals surface area contributed by atoms with Crippen LogP contribution in [0, 0.1) is 12.7 Å². The average molecular weight is 402 g/mol. The predicted molar refractivity (Wildman–Crippen MR) is 113 cm³/mol. The van der Waals surface area contributed by atoms with E-state index in [0.29, 0.717) is 24.4 Å². The molecule has 0 atom stereocenters. The van der Waals surface area contributed by atoms with Crippen molar-refractivity contribution in [2.24, 2.45) is 0 Å². The van der Waals surface area contributed by atoms with Crippen LogP contribution in [0.25, 0.3) is 0 Å². The Balaban J connectivity index is 1.57. The Labute approximate surface area is 175 Å². The van der Waals surface area contributed by atoms with Crippen LogP contribution in [-0.2, 0) is 19.6 Å². The minimum atomic E-state index is -0.365. The Morgan fingerprint density at radius 1 is 0.967 bits per heavy atom. The maximum absolute atomic E-state index is 13.3. The summed E-state index contributed by atoms with van der Waals surface area (Å²) in [5.74, 6) is 0.160. The topological polar surface area (TPSA) is 38.4 Å². The summed E-state index contributed by atoms with van der Waals surface area (Å²) in [6.07, 6.45) is 3.61. The van der Waals surface area contributed by atoms with Gasteiger partial charge in [0.05, 0.1) is 19.4 Å². The molecule has 0 saturated carbocycles. The number of amides is 1. The summed E-state index contributed by atoms with van der Waals surface area (Å²) < 4.78 is 20.9. The fraction of sp³-hybridized carbons (Fsp3) is 0.160. The van der Waals surface area contributed by atoms with Crippen molar-refractivity contribution < 1.29 is 13.6 Å². The molecule has 0 bridgehead atoms. The first-order chi connectivity index (χ1) is 14.6. The average Bonchev–Trinajstić information content (AvgIpc) is 3.42. The van der Waals surface area contributed by atoms with E-state index in [9.17, 15) is 9.18 Å². The lowest BCUT2D eigenvalue weighted by Crippen LogP contribution is -2.31. The first-order valence-electron chi connectivity index (χ1n) is 9.85. The monoisotopic (exact) mass is 402 g/mol. The first-order valence-corrected chi connectivity index (χ1v) is 9.85. The van der Waals surface area contributed by atoms with Crippen molar-refractivity contribution in [3.63, 3.8) is 0 Å². The Morgan fingerprint density at radius 3 is 2.43 bits per heavy atom. The maximum atomic E-state index is 13.3. The van der Waals surface area contributed by atoms with Crippen molar-refractivity contribution >= 4 is 5.91 Å². The van der Waals surface area contributed by atoms with E-state index in [1.54, 1.807) is 17.2 Å². The number of aromatic nitrogens is 1. The zero-order valence-electron chi connectivity index (χ0n) is 16.8. The second kappa shape index (κ2) is 8.82. The van der Waals surface area contributed by atoms with Gasteiger partial charge in [-0.15, -0.1) is 0 Å². The normalized spacial score (nSPS) is 10.9. The minimum Gasteiger partial charge on any atom is -0.467 e. The summed E-state index contributed by atoms with van der Waals surface area (Å²) in [6, 6.07) is 21.7. The van der Waals surface area contributed by atoms with Crippen molar-refractivity contribution in [1.82, 2.24) is 9.47 Å². The van der Waals surface area contributed by atoms with E-state index in [2.05, 4.69) is 35.8 Å². The summed E-state index contributed by atoms with van der Waals surface area (Å²) in [5.41, 5.74) is 3.87. The second-order valence-electron chi connectivity index (χ2n) is 7.36. The molecule has 4 rings (SSSR count). The molecule has 0 aliphatic rings. The third-order valence-electron chi connectivity index (χ3n) is 5.06. The van der Waals surface area contributed by atoms with Crippen LogP contribution in [0.5, 0.6) is 0 Å². The van der Waals surface area contributed by atoms with Crippen LogP contribution in [0.3, 0.4) is 0 Å². The van der Waals surface area contributed by atoms with Gasteiger partial charge in [-0.2, -0.15) is 0 Å². The number of hydrogen-bond acceptors (Lipinski definition) is 2. The van der Waals surface area contributed by atoms with E-state index >= 15 is 0 Å². The number of hydrogen-bond donors (Lipinski definition) is 0. The number of benzene rings is 2. The summed E-state index contributed by atoms with van der Waals surface area (Å²) in [7, 11) is 0. The van der Waals surface area contributed by atoms with Gasteiger partial charge in [-0.1, -0.05) is 29.8 Å². The van der Waals surface area contributed by atoms with Gasteiger partial charge in [-0.25, -0.2) is 4.39 Å². The smallest absolute Gasteiger partial charge is 0.254 e. The molecule has 0 aliphatic heterocycles. The van der Waals surface area contributed by atoms with Crippen LogP contribution >= 0.6 is 0 Å². The molecule has 0 unspecified atom stereocenters. The van der Waals surface area contributed by atoms with E-state index in [4.69, 9.17) is 4.42 Å². The van der Waals surface area contributed by atoms with Crippen LogP contribution < -0.4 is 0 Å². The van der Waals surface area contributed by atoms with Gasteiger partial charge in [0.2, 0.25) is 0 Å². The molecular weight excluding hydrogens is 379 g/mol. The molecule has 2 aromatic heterocycles. The summed E-state index contributed by atoms with van der Waals surface area (Å²) in [5, 5.41) is 0. The Morgan fingerprint density at radius 2 is 1.73 bits per heavy atom. The molecule has 1 amide bonds. The lowest BCUT2D eigenvalue weighted by molar-refractivity contribution is 0.0713. The number of furan rings is 1. The third-order valence-corrected chi connectivity index (χ3v) is 5.06. The van der Waals surface area contributed by atoms with Crippen LogP contribution in [0.2, 0.25) is 0 Å². The standard InChI is InChI=1S/C25H23FN2O2/c1-19-6-8-20(9-7-19)16-27-14-2-4-23(27)17-28(18-24-5-3-15-30-24)25(29)21-10-12-22(26)13-11-21/h2-15H,16-18H2,1H3. The SMILES string of the molecule is Cc1ccc(Cn2cccc2CN(Cc2ccco2)C(=O)c2ccc(F)cc2)cc1. The van der Waals surface area contributed by atoms with Crippen LogP contribution in [0.1, 0.15) is 32.9 Å². The molecular formula is C25H23FN2O2. The highest BCUT2D eigenvalue weighted by molar-refractivity contribution is 5.94. The maximum Gasteiger partial charge on any atom is 0.254 e. The third kappa shape index (κ3) is 4.69. The van der Waals surface area contributed by atoms with E-state index in [0.717, 1.165) is 12.2 Å². The van der Waals surface area contributed by atoms with Gasteiger partial charge >= 0.3 is 0 Å². The molecule has 5 heteroatoms. The summed E-state index contributed by atoms with van der Waals surface area (Å²) in [4.78, 5) is 14.9. The predicted octanol–water partition coefficient (Wildman–Crippen LogP) is 5.42. The van der Waals surface area contributed by atoms with Crippen molar-refractivity contribution in [3.8, 4) is 0 Å². The molecule has 30 heavy (non-hydrogen) atoms. The highest BCUT2D eigenvalue weighted by atomic mass is 19.1. The molecule has 0 saturated heterocycles. The number of nitrogens with zero attached hydrogens (tertiary/aromatic N) is 2. The van der Waals surface area contributed by atoms with E-state index < -0.39 is 0 Å². The molecule has 2 aromatic carbocycles. The first kappa shape index (κ1) is 19.7. The van der Waals surface area contributed by atoms with Gasteiger partial charge in [0.1, 0.15) is 11.6 Å². The summed E-state index contributed by atoms with van der Waals surface area (Å²) in [6.45, 7) is 3.54. The Kier molecular flexibility index (Phi) is 5.80. The fourth-order valence-electron chi connectivity index (χ4n) is 3.40. The number of aryl methyl sites for hydroxylation is 1. The van der Waals surface area contributed by atoms with E-state index in [1.807, 2.05) is 24.4 Å². The lowest BCUT2D eigenvalue weighted by Gasteiger charge is -2.23. The van der Waals surface area contributed by atoms with Gasteiger partial charge in [0, 0.05) is 24.0 Å². The second-order valence-corrected chi connectivity index (χ2v) is 7.36. The molecule has 0 radical (unpaired) electrons. The summed E-state index contributed by atoms with van der Waals surface area (Å²) >= 11 is 0. The molecule has 152 valence electrons. The quantitative estimate of drug-likeness (QED) is 0.414. The van der Waals surface area contributed by atoms with Crippen LogP contribution in [-0.4, -0.2) is 15.4 Å². The molecule has 0 spiro atoms. The number of halogens is 1. The Hall–Kier alpha value is -3.60. The Bertz CT molecular complexity index is 1100. The molecule has 0 aliphatic carbocycles. The molecule has 4 nitrogen and oxygen atoms in total. The largest absolute Gasteiger partial charge is 0.467 e. The minimum absolute atomic E-state index is 0.172. The zero-order valence-corrected chi connectivity index (χ0v) is 16.8. The molecule has 0 fully saturated rings. The van der Waals surface area contributed by atoms with Crippen molar-refractivity contribution in [3.05, 3.63) is 119 Å². The van der Waals surface area contributed by atoms with Crippen molar-refractivity contribution in [2.75, 3.05) is 0 Å². The van der Waals surface area contributed by atoms with Gasteiger partial charge in [0.25, 0.3) is 5.91 Å². The number of carbonyl (C=O) groups excluding carboxylic acids is 1. The highest BCUT2D eigenvalue weighted by Gasteiger charge is 2.19. The van der Waals surface area contributed by atoms with Gasteiger partial charge in [0.15, 0.2) is 0 Å².